The number of fused-ring (bicyclic) bond motifs is 1. The zero-order chi connectivity index (χ0) is 25.2. The summed E-state index contributed by atoms with van der Waals surface area (Å²) in [4.78, 5) is 19.4. The molecule has 2 aromatic rings. The van der Waals surface area contributed by atoms with Gasteiger partial charge in [0.15, 0.2) is 0 Å². The Morgan fingerprint density at radius 1 is 1.14 bits per heavy atom. The van der Waals surface area contributed by atoms with Crippen molar-refractivity contribution in [3.63, 3.8) is 0 Å². The number of aromatic nitrogens is 1. The summed E-state index contributed by atoms with van der Waals surface area (Å²) in [6.07, 6.45) is 8.95. The molecule has 1 aromatic heterocycles. The van der Waals surface area contributed by atoms with Crippen LogP contribution in [0.1, 0.15) is 83.5 Å². The Morgan fingerprint density at radius 2 is 1.83 bits per heavy atom. The topological polar surface area (TPSA) is 58.9 Å². The molecule has 1 saturated carbocycles. The summed E-state index contributed by atoms with van der Waals surface area (Å²) in [5.74, 6) is 0.447. The zero-order valence-corrected chi connectivity index (χ0v) is 21.9. The number of benzene rings is 1. The van der Waals surface area contributed by atoms with Crippen molar-refractivity contribution in [1.29, 1.82) is 0 Å². The average Bonchev–Trinajstić information content (AvgIpc) is 3.13. The van der Waals surface area contributed by atoms with Gasteiger partial charge in [0.05, 0.1) is 12.8 Å². The number of hydrogen-bond acceptors (Lipinski definition) is 4. The number of nitrogens with zero attached hydrogens (tertiary/aromatic N) is 3. The van der Waals surface area contributed by atoms with Gasteiger partial charge in [-0.15, -0.1) is 0 Å². The number of hydrogen-bond donors (Lipinski definition) is 1. The fourth-order valence-corrected chi connectivity index (χ4v) is 6.24. The van der Waals surface area contributed by atoms with Crippen molar-refractivity contribution < 1.29 is 14.0 Å². The lowest BCUT2D eigenvalue weighted by molar-refractivity contribution is -0.119. The van der Waals surface area contributed by atoms with Crippen LogP contribution in [0.5, 0.6) is 0 Å². The predicted molar refractivity (Wildman–Crippen MR) is 139 cm³/mol. The van der Waals surface area contributed by atoms with Crippen LogP contribution in [-0.2, 0) is 16.2 Å². The van der Waals surface area contributed by atoms with E-state index in [2.05, 4.69) is 40.7 Å². The van der Waals surface area contributed by atoms with Crippen LogP contribution in [0, 0.1) is 17.2 Å². The molecule has 0 bridgehead atoms. The van der Waals surface area contributed by atoms with E-state index in [0.29, 0.717) is 24.0 Å². The molecule has 0 radical (unpaired) electrons. The standard InChI is InChI=1S/C28H41FN4O2/c1-19(34)30-18-27-25(17-31-35-5)24-16-21(29)8-11-26(24)33(27)23-12-14-32(15-13-23)22-9-6-20(7-10-22)28(2,3)4/h8,11,16-17,20,22-23H,6-7,9-10,12-15,18H2,1-5H3,(H,30,34)/t20-,22+. The fourth-order valence-electron chi connectivity index (χ4n) is 6.24. The molecule has 4 rings (SSSR count). The number of likely N-dealkylation sites (tertiary alicyclic amines) is 1. The Hall–Kier alpha value is -2.41. The molecule has 1 aromatic carbocycles. The van der Waals surface area contributed by atoms with Gasteiger partial charge in [-0.05, 0) is 68.1 Å². The summed E-state index contributed by atoms with van der Waals surface area (Å²) in [5, 5.41) is 7.73. The maximum absolute atomic E-state index is 14.2. The first-order valence-electron chi connectivity index (χ1n) is 13.1. The third kappa shape index (κ3) is 5.71. The number of halogens is 1. The molecule has 2 fully saturated rings. The molecule has 2 aliphatic rings. The number of oxime groups is 1. The van der Waals surface area contributed by atoms with Gasteiger partial charge in [-0.3, -0.25) is 4.79 Å². The van der Waals surface area contributed by atoms with Gasteiger partial charge in [0.1, 0.15) is 12.9 Å². The highest BCUT2D eigenvalue weighted by Gasteiger charge is 2.34. The van der Waals surface area contributed by atoms with Crippen LogP contribution in [-0.4, -0.2) is 47.8 Å². The van der Waals surface area contributed by atoms with Crippen LogP contribution in [0.2, 0.25) is 0 Å². The molecule has 1 aliphatic heterocycles. The predicted octanol–water partition coefficient (Wildman–Crippen LogP) is 5.64. The minimum atomic E-state index is -0.284. The van der Waals surface area contributed by atoms with Gasteiger partial charge in [0.2, 0.25) is 5.91 Å². The second-order valence-electron chi connectivity index (χ2n) is 11.4. The summed E-state index contributed by atoms with van der Waals surface area (Å²) in [7, 11) is 1.49. The van der Waals surface area contributed by atoms with E-state index < -0.39 is 0 Å². The van der Waals surface area contributed by atoms with Gasteiger partial charge in [0.25, 0.3) is 0 Å². The number of nitrogens with one attached hydrogen (secondary N) is 1. The highest BCUT2D eigenvalue weighted by Crippen LogP contribution is 2.40. The summed E-state index contributed by atoms with van der Waals surface area (Å²) < 4.78 is 16.5. The van der Waals surface area contributed by atoms with Crippen molar-refractivity contribution in [2.75, 3.05) is 20.2 Å². The van der Waals surface area contributed by atoms with Crippen LogP contribution in [0.25, 0.3) is 10.9 Å². The molecule has 1 amide bonds. The molecule has 35 heavy (non-hydrogen) atoms. The van der Waals surface area contributed by atoms with Gasteiger partial charge in [-0.2, -0.15) is 0 Å². The van der Waals surface area contributed by atoms with Crippen LogP contribution in [0.3, 0.4) is 0 Å². The van der Waals surface area contributed by atoms with Crippen LogP contribution in [0.15, 0.2) is 23.4 Å². The van der Waals surface area contributed by atoms with Crippen molar-refractivity contribution in [2.45, 2.75) is 84.8 Å². The lowest BCUT2D eigenvalue weighted by Gasteiger charge is -2.44. The number of amides is 1. The second-order valence-corrected chi connectivity index (χ2v) is 11.4. The molecule has 0 unspecified atom stereocenters. The molecule has 0 atom stereocenters. The van der Waals surface area contributed by atoms with Crippen molar-refractivity contribution in [2.24, 2.45) is 16.5 Å². The largest absolute Gasteiger partial charge is 0.399 e. The van der Waals surface area contributed by atoms with Gasteiger partial charge >= 0.3 is 0 Å². The maximum Gasteiger partial charge on any atom is 0.217 e. The number of carbonyl (C=O) groups is 1. The van der Waals surface area contributed by atoms with Crippen LogP contribution >= 0.6 is 0 Å². The minimum Gasteiger partial charge on any atom is -0.399 e. The van der Waals surface area contributed by atoms with Gasteiger partial charge in [0, 0.05) is 54.3 Å². The van der Waals surface area contributed by atoms with E-state index in [9.17, 15) is 9.18 Å². The van der Waals surface area contributed by atoms with Crippen LogP contribution in [0.4, 0.5) is 4.39 Å². The Bertz CT molecular complexity index is 1060. The summed E-state index contributed by atoms with van der Waals surface area (Å²) in [6.45, 7) is 11.1. The molecule has 1 saturated heterocycles. The van der Waals surface area contributed by atoms with E-state index in [1.807, 2.05) is 6.07 Å². The Labute approximate surface area is 208 Å². The lowest BCUT2D eigenvalue weighted by Crippen LogP contribution is -2.44. The SMILES string of the molecule is CON=Cc1c(CNC(C)=O)n(C2CCN([C@H]3CC[C@@H](C(C)(C)C)CC3)CC2)c2ccc(F)cc12. The second kappa shape index (κ2) is 10.7. The van der Waals surface area contributed by atoms with E-state index in [1.165, 1.54) is 45.8 Å². The van der Waals surface area contributed by atoms with Gasteiger partial charge in [-0.1, -0.05) is 25.9 Å². The summed E-state index contributed by atoms with van der Waals surface area (Å²) in [6, 6.07) is 5.91. The van der Waals surface area contributed by atoms with Crippen molar-refractivity contribution >= 4 is 23.0 Å². The quantitative estimate of drug-likeness (QED) is 0.426. The van der Waals surface area contributed by atoms with E-state index in [0.717, 1.165) is 54.0 Å². The number of rotatable bonds is 6. The monoisotopic (exact) mass is 484 g/mol. The van der Waals surface area contributed by atoms with E-state index in [1.54, 1.807) is 12.3 Å². The molecule has 0 spiro atoms. The molecule has 192 valence electrons. The van der Waals surface area contributed by atoms with E-state index in [-0.39, 0.29) is 11.7 Å². The Morgan fingerprint density at radius 3 is 2.43 bits per heavy atom. The normalized spacial score (nSPS) is 22.7. The maximum atomic E-state index is 14.2. The molecule has 1 N–H and O–H groups in total. The smallest absolute Gasteiger partial charge is 0.217 e. The Balaban J connectivity index is 1.56. The minimum absolute atomic E-state index is 0.0942. The van der Waals surface area contributed by atoms with E-state index in [4.69, 9.17) is 4.84 Å². The first-order chi connectivity index (χ1) is 16.7. The average molecular weight is 485 g/mol. The molecule has 2 heterocycles. The van der Waals surface area contributed by atoms with Crippen molar-refractivity contribution in [3.8, 4) is 0 Å². The van der Waals surface area contributed by atoms with E-state index >= 15 is 0 Å². The van der Waals surface area contributed by atoms with Crippen molar-refractivity contribution in [3.05, 3.63) is 35.3 Å². The first kappa shape index (κ1) is 25.7. The molecule has 6 nitrogen and oxygen atoms in total. The number of carbonyl (C=O) groups excluding carboxylic acids is 1. The lowest BCUT2D eigenvalue weighted by atomic mass is 9.71. The van der Waals surface area contributed by atoms with Gasteiger partial charge in [-0.25, -0.2) is 4.39 Å². The Kier molecular flexibility index (Phi) is 7.84. The number of piperidine rings is 1. The molecular formula is C28H41FN4O2. The highest BCUT2D eigenvalue weighted by molar-refractivity contribution is 6.01. The third-order valence-electron chi connectivity index (χ3n) is 8.20. The molecule has 1 aliphatic carbocycles. The molecule has 7 heteroatoms. The zero-order valence-electron chi connectivity index (χ0n) is 21.9. The fraction of sp³-hybridized carbons (Fsp3) is 0.643. The first-order valence-corrected chi connectivity index (χ1v) is 13.1. The third-order valence-corrected chi connectivity index (χ3v) is 8.20. The molecular weight excluding hydrogens is 443 g/mol. The summed E-state index contributed by atoms with van der Waals surface area (Å²) >= 11 is 0. The summed E-state index contributed by atoms with van der Waals surface area (Å²) in [5.41, 5.74) is 3.14. The van der Waals surface area contributed by atoms with Gasteiger partial charge < -0.3 is 19.6 Å². The van der Waals surface area contributed by atoms with Crippen molar-refractivity contribution in [1.82, 2.24) is 14.8 Å². The van der Waals surface area contributed by atoms with Crippen LogP contribution < -0.4 is 5.32 Å². The highest BCUT2D eigenvalue weighted by atomic mass is 19.1.